The summed E-state index contributed by atoms with van der Waals surface area (Å²) < 4.78 is 16.2. The van der Waals surface area contributed by atoms with Crippen molar-refractivity contribution in [2.45, 2.75) is 12.5 Å². The average molecular weight is 467 g/mol. The van der Waals surface area contributed by atoms with Crippen LogP contribution in [0.3, 0.4) is 0 Å². The number of likely N-dealkylation sites (tertiary alicyclic amines) is 1. The van der Waals surface area contributed by atoms with Crippen molar-refractivity contribution in [1.29, 1.82) is 0 Å². The number of ether oxygens (including phenoxy) is 3. The van der Waals surface area contributed by atoms with E-state index < -0.39 is 17.7 Å². The zero-order valence-electron chi connectivity index (χ0n) is 19.5. The number of aliphatic hydroxyl groups is 1. The molecule has 1 N–H and O–H groups in total. The van der Waals surface area contributed by atoms with Crippen LogP contribution in [0, 0.1) is 0 Å². The van der Waals surface area contributed by atoms with Crippen molar-refractivity contribution in [1.82, 2.24) is 9.80 Å². The summed E-state index contributed by atoms with van der Waals surface area (Å²) in [7, 11) is 3.08. The van der Waals surface area contributed by atoms with Gasteiger partial charge in [0.25, 0.3) is 11.7 Å². The molecule has 2 fully saturated rings. The predicted octanol–water partition coefficient (Wildman–Crippen LogP) is 2.85. The Hall–Kier alpha value is -3.36. The Balaban J connectivity index is 1.72. The molecule has 2 aliphatic rings. The van der Waals surface area contributed by atoms with Crippen molar-refractivity contribution < 1.29 is 28.9 Å². The van der Waals surface area contributed by atoms with E-state index in [9.17, 15) is 14.7 Å². The smallest absolute Gasteiger partial charge is 0.295 e. The summed E-state index contributed by atoms with van der Waals surface area (Å²) in [4.78, 5) is 30.2. The van der Waals surface area contributed by atoms with Crippen molar-refractivity contribution in [2.24, 2.45) is 0 Å². The van der Waals surface area contributed by atoms with Crippen molar-refractivity contribution >= 4 is 17.4 Å². The van der Waals surface area contributed by atoms with Gasteiger partial charge in [-0.1, -0.05) is 30.3 Å². The number of benzene rings is 2. The summed E-state index contributed by atoms with van der Waals surface area (Å²) in [6, 6.07) is 13.3. The maximum absolute atomic E-state index is 13.2. The molecule has 4 rings (SSSR count). The van der Waals surface area contributed by atoms with Gasteiger partial charge < -0.3 is 24.2 Å². The molecule has 0 aromatic heterocycles. The molecule has 1 amide bonds. The first-order valence-corrected chi connectivity index (χ1v) is 11.4. The first-order valence-electron chi connectivity index (χ1n) is 11.4. The van der Waals surface area contributed by atoms with Gasteiger partial charge in [0.1, 0.15) is 17.3 Å². The van der Waals surface area contributed by atoms with Gasteiger partial charge >= 0.3 is 0 Å². The van der Waals surface area contributed by atoms with Crippen LogP contribution in [0.4, 0.5) is 0 Å². The molecule has 0 bridgehead atoms. The van der Waals surface area contributed by atoms with Crippen LogP contribution in [0.2, 0.25) is 0 Å². The summed E-state index contributed by atoms with van der Waals surface area (Å²) in [5.41, 5.74) is 1.11. The molecule has 0 radical (unpaired) electrons. The highest BCUT2D eigenvalue weighted by Crippen LogP contribution is 2.42. The summed E-state index contributed by atoms with van der Waals surface area (Å²) in [6.45, 7) is 4.27. The Morgan fingerprint density at radius 2 is 1.79 bits per heavy atom. The number of aliphatic hydroxyl groups excluding tert-OH is 1. The molecule has 0 saturated carbocycles. The van der Waals surface area contributed by atoms with Crippen LogP contribution in [0.1, 0.15) is 23.6 Å². The molecule has 2 aromatic carbocycles. The number of hydrogen-bond acceptors (Lipinski definition) is 7. The Morgan fingerprint density at radius 1 is 1.03 bits per heavy atom. The van der Waals surface area contributed by atoms with Gasteiger partial charge in [0.2, 0.25) is 0 Å². The lowest BCUT2D eigenvalue weighted by atomic mass is 9.94. The minimum Gasteiger partial charge on any atom is -0.507 e. The minimum absolute atomic E-state index is 0.0501. The fourth-order valence-electron chi connectivity index (χ4n) is 4.54. The molecule has 0 aliphatic carbocycles. The second-order valence-electron chi connectivity index (χ2n) is 8.27. The average Bonchev–Trinajstić information content (AvgIpc) is 3.13. The fraction of sp³-hybridized carbons (Fsp3) is 0.385. The van der Waals surface area contributed by atoms with E-state index in [0.29, 0.717) is 48.8 Å². The highest BCUT2D eigenvalue weighted by molar-refractivity contribution is 6.46. The van der Waals surface area contributed by atoms with E-state index in [2.05, 4.69) is 4.90 Å². The molecule has 0 unspecified atom stereocenters. The van der Waals surface area contributed by atoms with Crippen LogP contribution in [0.15, 0.2) is 54.1 Å². The summed E-state index contributed by atoms with van der Waals surface area (Å²) in [5, 5.41) is 11.2. The topological polar surface area (TPSA) is 88.5 Å². The standard InChI is InChI=1S/C26H30N2O6/c1-32-19-8-5-7-18(17-19)24(29)22-23(20-9-3-4-10-21(20)33-2)28(26(31)25(22)30)12-6-11-27-13-15-34-16-14-27/h3-5,7-10,17,23,29H,6,11-16H2,1-2H3/b24-22+/t23-/m0/s1. The van der Waals surface area contributed by atoms with Gasteiger partial charge in [-0.15, -0.1) is 0 Å². The molecular weight excluding hydrogens is 436 g/mol. The van der Waals surface area contributed by atoms with Gasteiger partial charge in [-0.3, -0.25) is 14.5 Å². The zero-order valence-corrected chi connectivity index (χ0v) is 19.5. The summed E-state index contributed by atoms with van der Waals surface area (Å²) in [6.07, 6.45) is 0.692. The van der Waals surface area contributed by atoms with E-state index in [-0.39, 0.29) is 11.3 Å². The van der Waals surface area contributed by atoms with Crippen LogP contribution in [-0.4, -0.2) is 80.2 Å². The lowest BCUT2D eigenvalue weighted by Crippen LogP contribution is -2.39. The van der Waals surface area contributed by atoms with Crippen molar-refractivity contribution in [3.63, 3.8) is 0 Å². The third kappa shape index (κ3) is 4.78. The van der Waals surface area contributed by atoms with Gasteiger partial charge in [-0.25, -0.2) is 0 Å². The minimum atomic E-state index is -0.757. The summed E-state index contributed by atoms with van der Waals surface area (Å²) in [5.74, 6) is -0.476. The number of hydrogen-bond donors (Lipinski definition) is 1. The molecule has 2 aromatic rings. The molecule has 0 spiro atoms. The van der Waals surface area contributed by atoms with Gasteiger partial charge in [0, 0.05) is 37.3 Å². The molecule has 8 heteroatoms. The van der Waals surface area contributed by atoms with Crippen molar-refractivity contribution in [2.75, 3.05) is 53.6 Å². The number of ketones is 1. The quantitative estimate of drug-likeness (QED) is 0.364. The lowest BCUT2D eigenvalue weighted by Gasteiger charge is -2.29. The molecular formula is C26H30N2O6. The normalized spacial score (nSPS) is 20.5. The largest absolute Gasteiger partial charge is 0.507 e. The third-order valence-electron chi connectivity index (χ3n) is 6.29. The number of nitrogens with zero attached hydrogens (tertiary/aromatic N) is 2. The molecule has 34 heavy (non-hydrogen) atoms. The van der Waals surface area contributed by atoms with Gasteiger partial charge in [-0.05, 0) is 24.6 Å². The van der Waals surface area contributed by atoms with Gasteiger partial charge in [0.05, 0.1) is 39.0 Å². The Kier molecular flexibility index (Phi) is 7.49. The number of rotatable bonds is 8. The highest BCUT2D eigenvalue weighted by Gasteiger charge is 2.46. The van der Waals surface area contributed by atoms with Crippen LogP contribution in [-0.2, 0) is 14.3 Å². The van der Waals surface area contributed by atoms with Crippen molar-refractivity contribution in [3.8, 4) is 11.5 Å². The number of morpholine rings is 1. The lowest BCUT2D eigenvalue weighted by molar-refractivity contribution is -0.140. The second kappa shape index (κ2) is 10.7. The molecule has 2 saturated heterocycles. The number of Topliss-reactive ketones (excluding diaryl/α,β-unsaturated/α-hetero) is 1. The van der Waals surface area contributed by atoms with Crippen LogP contribution in [0.5, 0.6) is 11.5 Å². The molecule has 1 atom stereocenters. The van der Waals surface area contributed by atoms with Crippen LogP contribution >= 0.6 is 0 Å². The molecule has 2 aliphatic heterocycles. The van der Waals surface area contributed by atoms with Gasteiger partial charge in [-0.2, -0.15) is 0 Å². The maximum Gasteiger partial charge on any atom is 0.295 e. The molecule has 8 nitrogen and oxygen atoms in total. The van der Waals surface area contributed by atoms with E-state index in [1.165, 1.54) is 7.11 Å². The summed E-state index contributed by atoms with van der Waals surface area (Å²) >= 11 is 0. The number of carbonyl (C=O) groups is 2. The first kappa shape index (κ1) is 23.8. The number of amides is 1. The second-order valence-corrected chi connectivity index (χ2v) is 8.27. The maximum atomic E-state index is 13.2. The molecule has 2 heterocycles. The fourth-order valence-corrected chi connectivity index (χ4v) is 4.54. The number of para-hydroxylation sites is 1. The SMILES string of the molecule is COc1cccc(/C(O)=C2\C(=O)C(=O)N(CCCN3CCOCC3)[C@H]2c2ccccc2OC)c1. The van der Waals surface area contributed by atoms with Gasteiger partial charge in [0.15, 0.2) is 0 Å². The predicted molar refractivity (Wildman–Crippen MR) is 127 cm³/mol. The van der Waals surface area contributed by atoms with E-state index in [1.807, 2.05) is 18.2 Å². The van der Waals surface area contributed by atoms with Crippen LogP contribution < -0.4 is 9.47 Å². The Morgan fingerprint density at radius 3 is 2.53 bits per heavy atom. The Labute approximate surface area is 199 Å². The highest BCUT2D eigenvalue weighted by atomic mass is 16.5. The van der Waals surface area contributed by atoms with E-state index in [0.717, 1.165) is 19.6 Å². The van der Waals surface area contributed by atoms with E-state index in [1.54, 1.807) is 42.3 Å². The number of carbonyl (C=O) groups excluding carboxylic acids is 2. The number of methoxy groups -OCH3 is 2. The Bertz CT molecular complexity index is 1080. The monoisotopic (exact) mass is 466 g/mol. The van der Waals surface area contributed by atoms with Crippen molar-refractivity contribution in [3.05, 3.63) is 65.2 Å². The van der Waals surface area contributed by atoms with Crippen LogP contribution in [0.25, 0.3) is 5.76 Å². The van der Waals surface area contributed by atoms with E-state index >= 15 is 0 Å². The first-order chi connectivity index (χ1) is 16.5. The third-order valence-corrected chi connectivity index (χ3v) is 6.29. The zero-order chi connectivity index (χ0) is 24.1. The molecule has 180 valence electrons. The van der Waals surface area contributed by atoms with E-state index in [4.69, 9.17) is 14.2 Å².